The molecule has 3 heteroatoms. The summed E-state index contributed by atoms with van der Waals surface area (Å²) in [5, 5.41) is 3.43. The minimum Gasteiger partial charge on any atom is -0.490 e. The Balaban J connectivity index is 1.97. The molecular formula is C17H18BrNO. The largest absolute Gasteiger partial charge is 0.490 e. The second kappa shape index (κ2) is 7.15. The highest BCUT2D eigenvalue weighted by molar-refractivity contribution is 9.10. The van der Waals surface area contributed by atoms with E-state index >= 15 is 0 Å². The van der Waals surface area contributed by atoms with E-state index in [9.17, 15) is 0 Å². The fourth-order valence-electron chi connectivity index (χ4n) is 1.84. The van der Waals surface area contributed by atoms with Crippen LogP contribution in [-0.4, -0.2) is 6.61 Å². The van der Waals surface area contributed by atoms with E-state index in [0.29, 0.717) is 6.61 Å². The SMILES string of the molecule is C=CCOc1ccc(CNc2cccc(C)c2Br)cc1. The first-order chi connectivity index (χ1) is 9.70. The Morgan fingerprint density at radius 2 is 1.95 bits per heavy atom. The van der Waals surface area contributed by atoms with Gasteiger partial charge in [0.1, 0.15) is 12.4 Å². The maximum absolute atomic E-state index is 5.46. The van der Waals surface area contributed by atoms with Crippen molar-refractivity contribution in [3.05, 3.63) is 70.7 Å². The quantitative estimate of drug-likeness (QED) is 0.757. The van der Waals surface area contributed by atoms with Gasteiger partial charge in [0.25, 0.3) is 0 Å². The van der Waals surface area contributed by atoms with Crippen LogP contribution in [-0.2, 0) is 6.54 Å². The lowest BCUT2D eigenvalue weighted by atomic mass is 10.2. The molecule has 0 heterocycles. The van der Waals surface area contributed by atoms with Gasteiger partial charge in [-0.1, -0.05) is 36.9 Å². The minimum absolute atomic E-state index is 0.536. The first-order valence-corrected chi connectivity index (χ1v) is 7.31. The number of nitrogens with one attached hydrogen (secondary N) is 1. The molecule has 0 radical (unpaired) electrons. The molecule has 20 heavy (non-hydrogen) atoms. The highest BCUT2D eigenvalue weighted by atomic mass is 79.9. The molecule has 0 aliphatic rings. The maximum Gasteiger partial charge on any atom is 0.119 e. The van der Waals surface area contributed by atoms with E-state index < -0.39 is 0 Å². The van der Waals surface area contributed by atoms with Gasteiger partial charge in [-0.25, -0.2) is 0 Å². The summed E-state index contributed by atoms with van der Waals surface area (Å²) in [6.07, 6.45) is 1.74. The average Bonchev–Trinajstić information content (AvgIpc) is 2.48. The third-order valence-electron chi connectivity index (χ3n) is 2.97. The molecule has 0 amide bonds. The topological polar surface area (TPSA) is 21.3 Å². The van der Waals surface area contributed by atoms with Crippen LogP contribution in [0.2, 0.25) is 0 Å². The Morgan fingerprint density at radius 1 is 1.20 bits per heavy atom. The summed E-state index contributed by atoms with van der Waals surface area (Å²) in [6.45, 7) is 7.03. The number of hydrogen-bond donors (Lipinski definition) is 1. The van der Waals surface area contributed by atoms with E-state index in [4.69, 9.17) is 4.74 Å². The van der Waals surface area contributed by atoms with E-state index in [1.54, 1.807) is 6.08 Å². The molecule has 2 nitrogen and oxygen atoms in total. The molecular weight excluding hydrogens is 314 g/mol. The third-order valence-corrected chi connectivity index (χ3v) is 4.02. The lowest BCUT2D eigenvalue weighted by Crippen LogP contribution is -2.01. The summed E-state index contributed by atoms with van der Waals surface area (Å²) in [6, 6.07) is 14.3. The molecule has 2 rings (SSSR count). The molecule has 0 saturated carbocycles. The molecule has 0 aliphatic heterocycles. The number of aryl methyl sites for hydroxylation is 1. The van der Waals surface area contributed by atoms with Crippen LogP contribution < -0.4 is 10.1 Å². The van der Waals surface area contributed by atoms with Crippen molar-refractivity contribution in [2.75, 3.05) is 11.9 Å². The lowest BCUT2D eigenvalue weighted by molar-refractivity contribution is 0.363. The third kappa shape index (κ3) is 3.87. The van der Waals surface area contributed by atoms with Gasteiger partial charge >= 0.3 is 0 Å². The molecule has 0 aliphatic carbocycles. The Bertz CT molecular complexity index is 578. The van der Waals surface area contributed by atoms with Crippen LogP contribution in [0.3, 0.4) is 0 Å². The second-order valence-corrected chi connectivity index (χ2v) is 5.33. The van der Waals surface area contributed by atoms with Gasteiger partial charge in [-0.05, 0) is 52.2 Å². The zero-order valence-corrected chi connectivity index (χ0v) is 13.1. The summed E-state index contributed by atoms with van der Waals surface area (Å²) in [4.78, 5) is 0. The summed E-state index contributed by atoms with van der Waals surface area (Å²) in [5.74, 6) is 0.866. The van der Waals surface area contributed by atoms with Crippen LogP contribution in [0.15, 0.2) is 59.6 Å². The van der Waals surface area contributed by atoms with Crippen molar-refractivity contribution < 1.29 is 4.74 Å². The molecule has 0 fully saturated rings. The molecule has 2 aromatic rings. The van der Waals surface area contributed by atoms with Gasteiger partial charge in [-0.15, -0.1) is 0 Å². The summed E-state index contributed by atoms with van der Waals surface area (Å²) in [5.41, 5.74) is 3.55. The van der Waals surface area contributed by atoms with Crippen LogP contribution >= 0.6 is 15.9 Å². The van der Waals surface area contributed by atoms with E-state index in [1.165, 1.54) is 11.1 Å². The number of hydrogen-bond acceptors (Lipinski definition) is 2. The predicted molar refractivity (Wildman–Crippen MR) is 88.3 cm³/mol. The van der Waals surface area contributed by atoms with E-state index in [0.717, 1.165) is 22.5 Å². The molecule has 2 aromatic carbocycles. The van der Waals surface area contributed by atoms with E-state index in [-0.39, 0.29) is 0 Å². The monoisotopic (exact) mass is 331 g/mol. The number of halogens is 1. The van der Waals surface area contributed by atoms with Crippen LogP contribution in [0, 0.1) is 6.92 Å². The van der Waals surface area contributed by atoms with E-state index in [2.05, 4.69) is 65.1 Å². The highest BCUT2D eigenvalue weighted by Crippen LogP contribution is 2.26. The average molecular weight is 332 g/mol. The molecule has 0 aromatic heterocycles. The summed E-state index contributed by atoms with van der Waals surface area (Å²) >= 11 is 3.60. The highest BCUT2D eigenvalue weighted by Gasteiger charge is 2.02. The maximum atomic E-state index is 5.46. The van der Waals surface area contributed by atoms with Crippen molar-refractivity contribution >= 4 is 21.6 Å². The zero-order chi connectivity index (χ0) is 14.4. The van der Waals surface area contributed by atoms with Gasteiger partial charge in [0, 0.05) is 16.7 Å². The molecule has 0 spiro atoms. The predicted octanol–water partition coefficient (Wildman–Crippen LogP) is 4.93. The standard InChI is InChI=1S/C17H18BrNO/c1-3-11-20-15-9-7-14(8-10-15)12-19-16-6-4-5-13(2)17(16)18/h3-10,19H,1,11-12H2,2H3. The van der Waals surface area contributed by atoms with Crippen LogP contribution in [0.25, 0.3) is 0 Å². The van der Waals surface area contributed by atoms with Gasteiger partial charge in [0.15, 0.2) is 0 Å². The minimum atomic E-state index is 0.536. The molecule has 1 N–H and O–H groups in total. The van der Waals surface area contributed by atoms with E-state index in [1.807, 2.05) is 12.1 Å². The molecule has 0 unspecified atom stereocenters. The van der Waals surface area contributed by atoms with Crippen molar-refractivity contribution in [3.63, 3.8) is 0 Å². The van der Waals surface area contributed by atoms with Crippen molar-refractivity contribution in [3.8, 4) is 5.75 Å². The van der Waals surface area contributed by atoms with Crippen molar-refractivity contribution in [2.45, 2.75) is 13.5 Å². The Labute approximate surface area is 128 Å². The number of anilines is 1. The number of benzene rings is 2. The first-order valence-electron chi connectivity index (χ1n) is 6.52. The Hall–Kier alpha value is -1.74. The molecule has 0 bridgehead atoms. The normalized spacial score (nSPS) is 10.1. The van der Waals surface area contributed by atoms with Crippen molar-refractivity contribution in [2.24, 2.45) is 0 Å². The lowest BCUT2D eigenvalue weighted by Gasteiger charge is -2.11. The second-order valence-electron chi connectivity index (χ2n) is 4.53. The van der Waals surface area contributed by atoms with Gasteiger partial charge < -0.3 is 10.1 Å². The van der Waals surface area contributed by atoms with Crippen LogP contribution in [0.4, 0.5) is 5.69 Å². The molecule has 104 valence electrons. The van der Waals surface area contributed by atoms with Crippen LogP contribution in [0.5, 0.6) is 5.75 Å². The fourth-order valence-corrected chi connectivity index (χ4v) is 2.24. The zero-order valence-electron chi connectivity index (χ0n) is 11.5. The van der Waals surface area contributed by atoms with Crippen molar-refractivity contribution in [1.29, 1.82) is 0 Å². The van der Waals surface area contributed by atoms with Gasteiger partial charge in [-0.2, -0.15) is 0 Å². The first kappa shape index (κ1) is 14.7. The van der Waals surface area contributed by atoms with Gasteiger partial charge in [-0.3, -0.25) is 0 Å². The molecule has 0 atom stereocenters. The van der Waals surface area contributed by atoms with Crippen molar-refractivity contribution in [1.82, 2.24) is 0 Å². The number of rotatable bonds is 6. The molecule has 0 saturated heterocycles. The Morgan fingerprint density at radius 3 is 2.65 bits per heavy atom. The number of ether oxygens (including phenoxy) is 1. The smallest absolute Gasteiger partial charge is 0.119 e. The summed E-state index contributed by atoms with van der Waals surface area (Å²) < 4.78 is 6.58. The van der Waals surface area contributed by atoms with Crippen LogP contribution in [0.1, 0.15) is 11.1 Å². The fraction of sp³-hybridized carbons (Fsp3) is 0.176. The van der Waals surface area contributed by atoms with Gasteiger partial charge in [0.05, 0.1) is 0 Å². The Kier molecular flexibility index (Phi) is 5.24. The summed E-state index contributed by atoms with van der Waals surface area (Å²) in [7, 11) is 0. The van der Waals surface area contributed by atoms with Gasteiger partial charge in [0.2, 0.25) is 0 Å².